The Morgan fingerprint density at radius 1 is 1.22 bits per heavy atom. The molecule has 1 unspecified atom stereocenters. The van der Waals surface area contributed by atoms with E-state index < -0.39 is 10.0 Å². The van der Waals surface area contributed by atoms with Gasteiger partial charge in [0.15, 0.2) is 11.6 Å². The molecule has 0 amide bonds. The molecule has 0 N–H and O–H groups in total. The summed E-state index contributed by atoms with van der Waals surface area (Å²) in [4.78, 5) is 4.66. The summed E-state index contributed by atoms with van der Waals surface area (Å²) in [7, 11) is -3.56. The second-order valence-corrected chi connectivity index (χ2v) is 8.59. The van der Waals surface area contributed by atoms with Gasteiger partial charge in [-0.2, -0.15) is 9.29 Å². The Bertz CT molecular complexity index is 1070. The van der Waals surface area contributed by atoms with Crippen LogP contribution in [0.15, 0.2) is 50.4 Å². The van der Waals surface area contributed by atoms with Crippen molar-refractivity contribution in [2.45, 2.75) is 23.7 Å². The van der Waals surface area contributed by atoms with E-state index in [4.69, 9.17) is 13.7 Å². The summed E-state index contributed by atoms with van der Waals surface area (Å²) in [6.07, 6.45) is 2.91. The van der Waals surface area contributed by atoms with Gasteiger partial charge in [-0.15, -0.1) is 0 Å². The number of sulfonamides is 1. The number of hydrogen-bond donors (Lipinski definition) is 0. The lowest BCUT2D eigenvalue weighted by molar-refractivity contribution is 0.356. The molecule has 0 saturated carbocycles. The van der Waals surface area contributed by atoms with Crippen molar-refractivity contribution in [2.24, 2.45) is 0 Å². The molecule has 2 aromatic heterocycles. The second-order valence-electron chi connectivity index (χ2n) is 6.65. The molecule has 8 nitrogen and oxygen atoms in total. The molecule has 1 aromatic carbocycles. The van der Waals surface area contributed by atoms with Crippen LogP contribution in [-0.2, 0) is 16.4 Å². The van der Waals surface area contributed by atoms with Crippen LogP contribution in [0.2, 0.25) is 0 Å². The second kappa shape index (κ2) is 6.21. The fourth-order valence-corrected chi connectivity index (χ4v) is 5.08. The molecule has 4 heterocycles. The minimum absolute atomic E-state index is 0.106. The maximum atomic E-state index is 13.0. The average molecular weight is 387 g/mol. The molecule has 1 fully saturated rings. The van der Waals surface area contributed by atoms with Crippen LogP contribution in [-0.4, -0.2) is 42.6 Å². The van der Waals surface area contributed by atoms with Gasteiger partial charge in [0.25, 0.3) is 5.89 Å². The summed E-state index contributed by atoms with van der Waals surface area (Å²) in [5.41, 5.74) is 0.938. The molecular formula is C18H17N3O5S. The van der Waals surface area contributed by atoms with Gasteiger partial charge < -0.3 is 13.7 Å². The van der Waals surface area contributed by atoms with E-state index in [1.807, 2.05) is 0 Å². The Hall–Kier alpha value is -2.65. The van der Waals surface area contributed by atoms with Crippen LogP contribution < -0.4 is 4.74 Å². The highest BCUT2D eigenvalue weighted by Crippen LogP contribution is 2.33. The van der Waals surface area contributed by atoms with E-state index in [1.54, 1.807) is 30.3 Å². The molecule has 0 radical (unpaired) electrons. The molecule has 2 aliphatic heterocycles. The van der Waals surface area contributed by atoms with Gasteiger partial charge in [0.1, 0.15) is 5.75 Å². The average Bonchev–Trinajstić information content (AvgIpc) is 3.48. The molecule has 2 aliphatic rings. The van der Waals surface area contributed by atoms with Crippen molar-refractivity contribution < 1.29 is 22.1 Å². The zero-order chi connectivity index (χ0) is 18.4. The maximum Gasteiger partial charge on any atom is 0.293 e. The summed E-state index contributed by atoms with van der Waals surface area (Å²) in [5.74, 6) is 1.96. The lowest BCUT2D eigenvalue weighted by Crippen LogP contribution is -2.28. The van der Waals surface area contributed by atoms with Gasteiger partial charge in [0.2, 0.25) is 10.0 Å². The van der Waals surface area contributed by atoms with Gasteiger partial charge in [-0.3, -0.25) is 0 Å². The molecule has 3 aromatic rings. The summed E-state index contributed by atoms with van der Waals surface area (Å²) in [6, 6.07) is 8.53. The molecule has 27 heavy (non-hydrogen) atoms. The molecule has 1 atom stereocenters. The fraction of sp³-hybridized carbons (Fsp3) is 0.333. The predicted octanol–water partition coefficient (Wildman–Crippen LogP) is 2.44. The summed E-state index contributed by atoms with van der Waals surface area (Å²) >= 11 is 0. The Kier molecular flexibility index (Phi) is 3.80. The molecule has 5 rings (SSSR count). The minimum atomic E-state index is -3.56. The standard InChI is InChI=1S/C18H17N3O5S/c22-27(23,14-3-4-15-12(10-14)6-9-25-15)21-7-5-13(11-21)17-19-18(26-20-17)16-2-1-8-24-16/h1-4,8,10,13H,5-7,9,11H2. The van der Waals surface area contributed by atoms with E-state index in [2.05, 4.69) is 10.1 Å². The Balaban J connectivity index is 1.36. The Morgan fingerprint density at radius 3 is 3.00 bits per heavy atom. The van der Waals surface area contributed by atoms with Crippen LogP contribution in [0.1, 0.15) is 23.7 Å². The number of benzene rings is 1. The van der Waals surface area contributed by atoms with Gasteiger partial charge in [-0.25, -0.2) is 8.42 Å². The van der Waals surface area contributed by atoms with E-state index in [9.17, 15) is 8.42 Å². The van der Waals surface area contributed by atoms with Crippen LogP contribution >= 0.6 is 0 Å². The zero-order valence-electron chi connectivity index (χ0n) is 14.4. The molecule has 0 bridgehead atoms. The lowest BCUT2D eigenvalue weighted by Gasteiger charge is -2.16. The van der Waals surface area contributed by atoms with Crippen LogP contribution in [0.25, 0.3) is 11.7 Å². The van der Waals surface area contributed by atoms with E-state index in [-0.39, 0.29) is 5.92 Å². The van der Waals surface area contributed by atoms with Crippen molar-refractivity contribution in [2.75, 3.05) is 19.7 Å². The Labute approximate surface area is 155 Å². The van der Waals surface area contributed by atoms with Crippen molar-refractivity contribution in [3.8, 4) is 17.4 Å². The van der Waals surface area contributed by atoms with Gasteiger partial charge in [0, 0.05) is 25.4 Å². The minimum Gasteiger partial charge on any atom is -0.493 e. The van der Waals surface area contributed by atoms with Crippen molar-refractivity contribution in [1.82, 2.24) is 14.4 Å². The SMILES string of the molecule is O=S(=O)(c1ccc2c(c1)CCO2)N1CCC(c2noc(-c3ccco3)n2)C1. The molecule has 1 saturated heterocycles. The first-order valence-electron chi connectivity index (χ1n) is 8.74. The van der Waals surface area contributed by atoms with E-state index in [0.29, 0.717) is 48.5 Å². The molecular weight excluding hydrogens is 370 g/mol. The van der Waals surface area contributed by atoms with Crippen LogP contribution in [0, 0.1) is 0 Å². The van der Waals surface area contributed by atoms with Crippen LogP contribution in [0.3, 0.4) is 0 Å². The summed E-state index contributed by atoms with van der Waals surface area (Å²) in [6.45, 7) is 1.35. The number of fused-ring (bicyclic) bond motifs is 1. The van der Waals surface area contributed by atoms with Gasteiger partial charge >= 0.3 is 0 Å². The third kappa shape index (κ3) is 2.83. The highest BCUT2D eigenvalue weighted by atomic mass is 32.2. The third-order valence-electron chi connectivity index (χ3n) is 4.99. The van der Waals surface area contributed by atoms with Crippen molar-refractivity contribution >= 4 is 10.0 Å². The fourth-order valence-electron chi connectivity index (χ4n) is 3.53. The summed E-state index contributed by atoms with van der Waals surface area (Å²) < 4.78 is 43.5. The number of aromatic nitrogens is 2. The topological polar surface area (TPSA) is 98.7 Å². The molecule has 9 heteroatoms. The Morgan fingerprint density at radius 2 is 2.15 bits per heavy atom. The van der Waals surface area contributed by atoms with E-state index in [1.165, 1.54) is 10.6 Å². The first-order valence-corrected chi connectivity index (χ1v) is 10.2. The lowest BCUT2D eigenvalue weighted by atomic mass is 10.1. The van der Waals surface area contributed by atoms with Crippen LogP contribution in [0.4, 0.5) is 0 Å². The number of furan rings is 1. The summed E-state index contributed by atoms with van der Waals surface area (Å²) in [5, 5.41) is 4.01. The van der Waals surface area contributed by atoms with Gasteiger partial charge in [0.05, 0.1) is 17.8 Å². The first-order chi connectivity index (χ1) is 13.1. The first kappa shape index (κ1) is 16.5. The van der Waals surface area contributed by atoms with E-state index >= 15 is 0 Å². The number of nitrogens with zero attached hydrogens (tertiary/aromatic N) is 3. The smallest absolute Gasteiger partial charge is 0.293 e. The van der Waals surface area contributed by atoms with Gasteiger partial charge in [-0.1, -0.05) is 5.16 Å². The molecule has 0 aliphatic carbocycles. The van der Waals surface area contributed by atoms with Crippen molar-refractivity contribution in [3.63, 3.8) is 0 Å². The molecule has 0 spiro atoms. The van der Waals surface area contributed by atoms with Gasteiger partial charge in [-0.05, 0) is 42.3 Å². The monoisotopic (exact) mass is 387 g/mol. The molecule has 140 valence electrons. The normalized spacial score (nSPS) is 19.9. The maximum absolute atomic E-state index is 13.0. The number of ether oxygens (including phenoxy) is 1. The quantitative estimate of drug-likeness (QED) is 0.678. The number of rotatable bonds is 4. The zero-order valence-corrected chi connectivity index (χ0v) is 15.2. The van der Waals surface area contributed by atoms with E-state index in [0.717, 1.165) is 17.7 Å². The van der Waals surface area contributed by atoms with Crippen molar-refractivity contribution in [3.05, 3.63) is 48.0 Å². The predicted molar refractivity (Wildman–Crippen MR) is 93.8 cm³/mol. The van der Waals surface area contributed by atoms with Crippen LogP contribution in [0.5, 0.6) is 5.75 Å². The number of hydrogen-bond acceptors (Lipinski definition) is 7. The van der Waals surface area contributed by atoms with Crippen molar-refractivity contribution in [1.29, 1.82) is 0 Å². The highest BCUT2D eigenvalue weighted by Gasteiger charge is 2.36. The third-order valence-corrected chi connectivity index (χ3v) is 6.85. The highest BCUT2D eigenvalue weighted by molar-refractivity contribution is 7.89. The largest absolute Gasteiger partial charge is 0.493 e.